The first-order chi connectivity index (χ1) is 47.1. The Kier molecular flexibility index (Phi) is 34.4. The van der Waals surface area contributed by atoms with Crippen LogP contribution in [0.5, 0.6) is 0 Å². The first-order valence-electron chi connectivity index (χ1n) is 36.5. The van der Waals surface area contributed by atoms with Gasteiger partial charge in [-0.15, -0.1) is 0 Å². The number of aliphatic hydroxyl groups is 8. The summed E-state index contributed by atoms with van der Waals surface area (Å²) >= 11 is 0. The Bertz CT molecular complexity index is 2510. The van der Waals surface area contributed by atoms with E-state index >= 15 is 0 Å². The number of carbonyl (C=O) groups is 4. The largest absolute Gasteiger partial charge is 0.457 e. The van der Waals surface area contributed by atoms with Crippen LogP contribution in [0.25, 0.3) is 6.08 Å². The molecule has 560 valence electrons. The molecule has 0 radical (unpaired) electrons. The molecule has 27 atom stereocenters. The molecule has 6 aliphatic rings. The quantitative estimate of drug-likeness (QED) is 0.0190. The molecule has 0 aliphatic carbocycles. The van der Waals surface area contributed by atoms with Crippen molar-refractivity contribution in [2.75, 3.05) is 6.61 Å². The van der Waals surface area contributed by atoms with E-state index in [0.717, 1.165) is 102 Å². The summed E-state index contributed by atoms with van der Waals surface area (Å²) in [5, 5.41) is 92.3. The van der Waals surface area contributed by atoms with Crippen molar-refractivity contribution in [1.82, 2.24) is 0 Å². The van der Waals surface area contributed by atoms with Crippen molar-refractivity contribution >= 4 is 30.0 Å². The third-order valence-electron chi connectivity index (χ3n) is 19.6. The van der Waals surface area contributed by atoms with Gasteiger partial charge in [-0.05, 0) is 71.4 Å². The third-order valence-corrected chi connectivity index (χ3v) is 19.6. The number of fused-ring (bicyclic) bond motifs is 2. The molecule has 8 N–H and O–H groups in total. The van der Waals surface area contributed by atoms with Crippen LogP contribution in [-0.4, -0.2) is 231 Å². The van der Waals surface area contributed by atoms with Crippen LogP contribution in [0, 0.1) is 5.92 Å². The average Bonchev–Trinajstić information content (AvgIpc) is 0.766. The molecule has 6 fully saturated rings. The molecule has 0 bridgehead atoms. The van der Waals surface area contributed by atoms with Gasteiger partial charge in [0.2, 0.25) is 0 Å². The van der Waals surface area contributed by atoms with E-state index in [4.69, 9.17) is 66.3 Å². The van der Waals surface area contributed by atoms with E-state index in [1.54, 1.807) is 51.1 Å². The monoisotopic (exact) mass is 1400 g/mol. The molecule has 6 heterocycles. The van der Waals surface area contributed by atoms with Gasteiger partial charge in [0.1, 0.15) is 73.2 Å². The summed E-state index contributed by atoms with van der Waals surface area (Å²) in [5.41, 5.74) is 0.633. The first kappa shape index (κ1) is 81.4. The van der Waals surface area contributed by atoms with Crippen LogP contribution < -0.4 is 0 Å². The molecule has 26 nitrogen and oxygen atoms in total. The Hall–Kier alpha value is -3.88. The highest BCUT2D eigenvalue weighted by Crippen LogP contribution is 2.40. The van der Waals surface area contributed by atoms with Crippen LogP contribution in [0.2, 0.25) is 0 Å². The maximum atomic E-state index is 14.4. The number of ether oxygens (including phenoxy) is 14. The summed E-state index contributed by atoms with van der Waals surface area (Å²) in [6.07, 6.45) is -19.1. The van der Waals surface area contributed by atoms with Crippen molar-refractivity contribution in [2.24, 2.45) is 5.92 Å². The van der Waals surface area contributed by atoms with Crippen molar-refractivity contribution in [3.63, 3.8) is 0 Å². The summed E-state index contributed by atoms with van der Waals surface area (Å²) in [6, 6.07) is 8.82. The molecule has 0 saturated carbocycles. The Morgan fingerprint density at radius 2 is 1.10 bits per heavy atom. The van der Waals surface area contributed by atoms with Gasteiger partial charge < -0.3 is 107 Å². The zero-order valence-corrected chi connectivity index (χ0v) is 58.7. The molecule has 0 aromatic heterocycles. The van der Waals surface area contributed by atoms with Crippen LogP contribution in [0.3, 0.4) is 0 Å². The van der Waals surface area contributed by atoms with Crippen molar-refractivity contribution < 1.29 is 126 Å². The van der Waals surface area contributed by atoms with E-state index in [-0.39, 0.29) is 25.4 Å². The number of esters is 4. The molecule has 1 aromatic rings. The molecule has 26 heteroatoms. The first-order valence-corrected chi connectivity index (χ1v) is 36.5. The van der Waals surface area contributed by atoms with Gasteiger partial charge in [0.15, 0.2) is 55.9 Å². The van der Waals surface area contributed by atoms with Crippen molar-refractivity contribution in [3.8, 4) is 0 Å². The molecule has 1 aromatic carbocycles. The predicted octanol–water partition coefficient (Wildman–Crippen LogP) is 6.57. The topological polar surface area (TPSA) is 359 Å². The number of carbonyl (C=O) groups excluding carboxylic acids is 4. The smallest absolute Gasteiger partial charge is 0.331 e. The zero-order chi connectivity index (χ0) is 71.0. The highest BCUT2D eigenvalue weighted by molar-refractivity contribution is 5.87. The molecular formula is C72H116O26. The lowest BCUT2D eigenvalue weighted by Gasteiger charge is -2.51. The molecule has 6 aliphatic heterocycles. The lowest BCUT2D eigenvalue weighted by atomic mass is 9.95. The Morgan fingerprint density at radius 3 is 1.78 bits per heavy atom. The fraction of sp³-hybridized carbons (Fsp3) is 0.833. The number of hydrogen-bond acceptors (Lipinski definition) is 26. The lowest BCUT2D eigenvalue weighted by Crippen LogP contribution is -2.68. The summed E-state index contributed by atoms with van der Waals surface area (Å²) in [4.78, 5) is 55.9. The summed E-state index contributed by atoms with van der Waals surface area (Å²) in [6.45, 7) is 12.8. The number of unbranched alkanes of at least 4 members (excludes halogenated alkanes) is 10. The molecular weight excluding hydrogens is 1280 g/mol. The standard InChI is InChI=1S/C72H116O26/c1-9-12-14-15-16-17-20-23-30-36-49(74)91-59-43(6)86-70(63(57(59)82)93-51(76)39-38-46-32-27-25-28-33-46)96-61-45(8)88-72(66(94-67(84)41(4)11-3)65(61)98-68-56(81)54(79)53(78)48(40-73)90-68)95-60-44(7)87-71-64(58(60)83)92-50(75)37-31-24-21-18-19-22-29-35-47(34-26-13-10-2)89-69-62(97-71)55(80)52(77)42(5)85-69/h25,27-28,32-33,38-39,41-45,47-48,52-66,68-73,77-83H,9-24,26,29-31,34-37,40H2,1-8H3. The molecule has 27 unspecified atom stereocenters. The van der Waals surface area contributed by atoms with Gasteiger partial charge in [-0.3, -0.25) is 14.4 Å². The maximum absolute atomic E-state index is 14.4. The zero-order valence-electron chi connectivity index (χ0n) is 58.7. The number of hydrogen-bond donors (Lipinski definition) is 8. The van der Waals surface area contributed by atoms with Gasteiger partial charge in [-0.1, -0.05) is 167 Å². The second kappa shape index (κ2) is 41.4. The van der Waals surface area contributed by atoms with Crippen molar-refractivity contribution in [1.29, 1.82) is 0 Å². The fourth-order valence-electron chi connectivity index (χ4n) is 13.4. The van der Waals surface area contributed by atoms with E-state index < -0.39 is 190 Å². The third kappa shape index (κ3) is 23.3. The summed E-state index contributed by atoms with van der Waals surface area (Å²) < 4.78 is 89.4. The highest BCUT2D eigenvalue weighted by atomic mass is 16.8. The second-order valence-corrected chi connectivity index (χ2v) is 27.5. The average molecular weight is 1400 g/mol. The summed E-state index contributed by atoms with van der Waals surface area (Å²) in [7, 11) is 0. The van der Waals surface area contributed by atoms with Crippen LogP contribution in [0.15, 0.2) is 36.4 Å². The number of benzene rings is 1. The second-order valence-electron chi connectivity index (χ2n) is 27.5. The minimum absolute atomic E-state index is 0.0345. The van der Waals surface area contributed by atoms with E-state index in [2.05, 4.69) is 13.8 Å². The molecule has 0 spiro atoms. The minimum atomic E-state index is -2.06. The summed E-state index contributed by atoms with van der Waals surface area (Å²) in [5.74, 6) is -3.99. The Balaban J connectivity index is 1.23. The maximum Gasteiger partial charge on any atom is 0.331 e. The highest BCUT2D eigenvalue weighted by Gasteiger charge is 2.59. The fourth-order valence-corrected chi connectivity index (χ4v) is 13.4. The molecule has 0 amide bonds. The van der Waals surface area contributed by atoms with Gasteiger partial charge >= 0.3 is 23.9 Å². The van der Waals surface area contributed by atoms with Crippen LogP contribution in [0.4, 0.5) is 0 Å². The molecule has 7 rings (SSSR count). The van der Waals surface area contributed by atoms with Gasteiger partial charge in [0, 0.05) is 18.9 Å². The van der Waals surface area contributed by atoms with Gasteiger partial charge in [0.25, 0.3) is 0 Å². The van der Waals surface area contributed by atoms with Crippen LogP contribution in [-0.2, 0) is 85.5 Å². The molecule has 6 saturated heterocycles. The van der Waals surface area contributed by atoms with Gasteiger partial charge in [-0.25, -0.2) is 4.79 Å². The normalized spacial score (nSPS) is 38.3. The number of aliphatic hydroxyl groups excluding tert-OH is 8. The van der Waals surface area contributed by atoms with Gasteiger partial charge in [-0.2, -0.15) is 0 Å². The SMILES string of the molecule is CCCCCCCCCCCC(=O)OC1C(C)OC(OC2C(C)OC(OC3C(C)OC4OC5C(OC(CCCCC)CCCCCCCCCC(=O)OC4C3O)OC(C)C(O)C5O)C(OC(=O)C(C)CC)C2OC2OC(CO)C(O)C(O)C2O)C(OC(=O)C=Cc2ccccc2)C1O. The van der Waals surface area contributed by atoms with Gasteiger partial charge in [0.05, 0.1) is 43.0 Å². The van der Waals surface area contributed by atoms with Crippen molar-refractivity contribution in [2.45, 2.75) is 369 Å². The van der Waals surface area contributed by atoms with Crippen LogP contribution in [0.1, 0.15) is 215 Å². The Labute approximate surface area is 577 Å². The van der Waals surface area contributed by atoms with Crippen molar-refractivity contribution in [3.05, 3.63) is 42.0 Å². The number of rotatable bonds is 28. The Morgan fingerprint density at radius 1 is 0.520 bits per heavy atom. The molecule has 98 heavy (non-hydrogen) atoms. The van der Waals surface area contributed by atoms with E-state index in [9.17, 15) is 60.0 Å². The lowest BCUT2D eigenvalue weighted by molar-refractivity contribution is -0.400. The van der Waals surface area contributed by atoms with E-state index in [1.807, 2.05) is 0 Å². The predicted molar refractivity (Wildman–Crippen MR) is 351 cm³/mol. The van der Waals surface area contributed by atoms with E-state index in [0.29, 0.717) is 31.2 Å². The minimum Gasteiger partial charge on any atom is -0.457 e. The van der Waals surface area contributed by atoms with E-state index in [1.165, 1.54) is 39.7 Å². The van der Waals surface area contributed by atoms with Crippen LogP contribution >= 0.6 is 0 Å².